The summed E-state index contributed by atoms with van der Waals surface area (Å²) < 4.78 is 2.17. The van der Waals surface area contributed by atoms with Gasteiger partial charge in [0.2, 0.25) is 0 Å². The molecule has 102 valence electrons. The predicted molar refractivity (Wildman–Crippen MR) is 84.8 cm³/mol. The van der Waals surface area contributed by atoms with Gasteiger partial charge in [0.05, 0.1) is 22.6 Å². The number of aryl methyl sites for hydroxylation is 3. The summed E-state index contributed by atoms with van der Waals surface area (Å²) in [5.74, 6) is 1.30. The van der Waals surface area contributed by atoms with Crippen molar-refractivity contribution in [2.45, 2.75) is 26.7 Å². The van der Waals surface area contributed by atoms with Gasteiger partial charge in [-0.2, -0.15) is 0 Å². The lowest BCUT2D eigenvalue weighted by Gasteiger charge is -2.12. The van der Waals surface area contributed by atoms with Crippen LogP contribution in [-0.2, 0) is 5.88 Å². The average molecular weight is 285 g/mol. The van der Waals surface area contributed by atoms with Crippen LogP contribution in [0.5, 0.6) is 0 Å². The van der Waals surface area contributed by atoms with E-state index in [2.05, 4.69) is 61.7 Å². The molecule has 3 aromatic rings. The third-order valence-electron chi connectivity index (χ3n) is 3.67. The Balaban J connectivity index is 2.37. The molecule has 0 aliphatic carbocycles. The van der Waals surface area contributed by atoms with E-state index < -0.39 is 0 Å². The smallest absolute Gasteiger partial charge is 0.129 e. The summed E-state index contributed by atoms with van der Waals surface area (Å²) in [6.07, 6.45) is 0. The van der Waals surface area contributed by atoms with Crippen LogP contribution in [0.25, 0.3) is 16.7 Å². The second-order valence-corrected chi connectivity index (χ2v) is 5.50. The molecule has 0 saturated carbocycles. The van der Waals surface area contributed by atoms with E-state index in [9.17, 15) is 0 Å². The molecular weight excluding hydrogens is 268 g/mol. The Labute approximate surface area is 124 Å². The van der Waals surface area contributed by atoms with Crippen LogP contribution in [0, 0.1) is 20.8 Å². The van der Waals surface area contributed by atoms with Crippen molar-refractivity contribution in [1.29, 1.82) is 0 Å². The standard InChI is InChI=1S/C17H17ClN2/c1-11-7-8-14(13(3)9-11)20-15-6-4-5-12(2)17(15)19-16(20)10-18/h4-9H,10H2,1-3H3. The normalized spacial score (nSPS) is 11.2. The Hall–Kier alpha value is -1.80. The summed E-state index contributed by atoms with van der Waals surface area (Å²) in [5, 5.41) is 0. The molecule has 1 heterocycles. The quantitative estimate of drug-likeness (QED) is 0.624. The molecule has 3 heteroatoms. The molecule has 2 aromatic carbocycles. The van der Waals surface area contributed by atoms with E-state index in [1.807, 2.05) is 0 Å². The number of para-hydroxylation sites is 1. The SMILES string of the molecule is Cc1ccc(-n2c(CCl)nc3c(C)cccc32)c(C)c1. The Morgan fingerprint density at radius 3 is 2.55 bits per heavy atom. The topological polar surface area (TPSA) is 17.8 Å². The van der Waals surface area contributed by atoms with E-state index in [4.69, 9.17) is 16.6 Å². The number of fused-ring (bicyclic) bond motifs is 1. The van der Waals surface area contributed by atoms with Crippen LogP contribution >= 0.6 is 11.6 Å². The van der Waals surface area contributed by atoms with Crippen LogP contribution in [0.1, 0.15) is 22.5 Å². The van der Waals surface area contributed by atoms with Crippen molar-refractivity contribution in [2.24, 2.45) is 0 Å². The lowest BCUT2D eigenvalue weighted by atomic mass is 10.1. The lowest BCUT2D eigenvalue weighted by Crippen LogP contribution is -2.01. The highest BCUT2D eigenvalue weighted by atomic mass is 35.5. The van der Waals surface area contributed by atoms with Gasteiger partial charge in [-0.1, -0.05) is 29.8 Å². The summed E-state index contributed by atoms with van der Waals surface area (Å²) >= 11 is 6.11. The van der Waals surface area contributed by atoms with Crippen LogP contribution in [0.4, 0.5) is 0 Å². The zero-order chi connectivity index (χ0) is 14.3. The third kappa shape index (κ3) is 2.01. The molecule has 0 radical (unpaired) electrons. The molecule has 0 fully saturated rings. The largest absolute Gasteiger partial charge is 0.295 e. The number of alkyl halides is 1. The number of benzene rings is 2. The number of rotatable bonds is 2. The fourth-order valence-electron chi connectivity index (χ4n) is 2.70. The van der Waals surface area contributed by atoms with Gasteiger partial charge in [-0.3, -0.25) is 4.57 Å². The number of halogens is 1. The van der Waals surface area contributed by atoms with Gasteiger partial charge >= 0.3 is 0 Å². The molecule has 0 spiro atoms. The van der Waals surface area contributed by atoms with E-state index in [0.29, 0.717) is 5.88 Å². The molecule has 0 aliphatic heterocycles. The molecule has 2 nitrogen and oxygen atoms in total. The van der Waals surface area contributed by atoms with Gasteiger partial charge < -0.3 is 0 Å². The molecule has 0 saturated heterocycles. The summed E-state index contributed by atoms with van der Waals surface area (Å²) in [7, 11) is 0. The van der Waals surface area contributed by atoms with Crippen molar-refractivity contribution in [3.05, 3.63) is 58.9 Å². The van der Waals surface area contributed by atoms with Gasteiger partial charge in [0.25, 0.3) is 0 Å². The Morgan fingerprint density at radius 2 is 1.85 bits per heavy atom. The van der Waals surface area contributed by atoms with Gasteiger partial charge in [-0.25, -0.2) is 4.98 Å². The van der Waals surface area contributed by atoms with Crippen LogP contribution in [0.2, 0.25) is 0 Å². The molecular formula is C17H17ClN2. The van der Waals surface area contributed by atoms with Gasteiger partial charge in [-0.15, -0.1) is 11.6 Å². The number of hydrogen-bond donors (Lipinski definition) is 0. The Kier molecular flexibility index (Phi) is 3.27. The zero-order valence-electron chi connectivity index (χ0n) is 11.9. The molecule has 0 unspecified atom stereocenters. The van der Waals surface area contributed by atoms with Crippen LogP contribution in [0.3, 0.4) is 0 Å². The number of imidazole rings is 1. The summed E-state index contributed by atoms with van der Waals surface area (Å²) in [6, 6.07) is 12.7. The fourth-order valence-corrected chi connectivity index (χ4v) is 2.88. The minimum absolute atomic E-state index is 0.404. The average Bonchev–Trinajstić information content (AvgIpc) is 2.79. The molecule has 0 atom stereocenters. The highest BCUT2D eigenvalue weighted by Gasteiger charge is 2.14. The highest BCUT2D eigenvalue weighted by molar-refractivity contribution is 6.17. The Morgan fingerprint density at radius 1 is 1.05 bits per heavy atom. The molecule has 0 bridgehead atoms. The van der Waals surface area contributed by atoms with Gasteiger partial charge in [0.1, 0.15) is 5.82 Å². The highest BCUT2D eigenvalue weighted by Crippen LogP contribution is 2.27. The van der Waals surface area contributed by atoms with Crippen molar-refractivity contribution in [2.75, 3.05) is 0 Å². The molecule has 0 aliphatic rings. The Bertz CT molecular complexity index is 787. The van der Waals surface area contributed by atoms with E-state index >= 15 is 0 Å². The van der Waals surface area contributed by atoms with Gasteiger partial charge in [-0.05, 0) is 44.0 Å². The van der Waals surface area contributed by atoms with Crippen molar-refractivity contribution >= 4 is 22.6 Å². The fraction of sp³-hybridized carbons (Fsp3) is 0.235. The minimum Gasteiger partial charge on any atom is -0.295 e. The maximum atomic E-state index is 6.11. The summed E-state index contributed by atoms with van der Waals surface area (Å²) in [6.45, 7) is 6.32. The molecule has 0 amide bonds. The van der Waals surface area contributed by atoms with Crippen LogP contribution < -0.4 is 0 Å². The molecule has 1 aromatic heterocycles. The van der Waals surface area contributed by atoms with E-state index in [1.54, 1.807) is 0 Å². The monoisotopic (exact) mass is 284 g/mol. The van der Waals surface area contributed by atoms with Crippen molar-refractivity contribution in [3.63, 3.8) is 0 Å². The van der Waals surface area contributed by atoms with E-state index in [0.717, 1.165) is 22.5 Å². The molecule has 3 rings (SSSR count). The lowest BCUT2D eigenvalue weighted by molar-refractivity contribution is 0.971. The number of nitrogens with zero attached hydrogens (tertiary/aromatic N) is 2. The number of aromatic nitrogens is 2. The summed E-state index contributed by atoms with van der Waals surface area (Å²) in [5.41, 5.74) is 6.98. The minimum atomic E-state index is 0.404. The van der Waals surface area contributed by atoms with Crippen molar-refractivity contribution < 1.29 is 0 Å². The van der Waals surface area contributed by atoms with Gasteiger partial charge in [0, 0.05) is 0 Å². The molecule has 20 heavy (non-hydrogen) atoms. The first-order chi connectivity index (χ1) is 9.61. The van der Waals surface area contributed by atoms with E-state index in [-0.39, 0.29) is 0 Å². The first-order valence-electron chi connectivity index (χ1n) is 6.72. The van der Waals surface area contributed by atoms with Crippen molar-refractivity contribution in [3.8, 4) is 5.69 Å². The second-order valence-electron chi connectivity index (χ2n) is 5.23. The second kappa shape index (κ2) is 4.95. The third-order valence-corrected chi connectivity index (χ3v) is 3.91. The predicted octanol–water partition coefficient (Wildman–Crippen LogP) is 4.69. The first kappa shape index (κ1) is 13.2. The van der Waals surface area contributed by atoms with Crippen LogP contribution in [-0.4, -0.2) is 9.55 Å². The first-order valence-corrected chi connectivity index (χ1v) is 7.26. The summed E-state index contributed by atoms with van der Waals surface area (Å²) in [4.78, 5) is 4.70. The van der Waals surface area contributed by atoms with Gasteiger partial charge in [0.15, 0.2) is 0 Å². The van der Waals surface area contributed by atoms with Crippen LogP contribution in [0.15, 0.2) is 36.4 Å². The molecule has 0 N–H and O–H groups in total. The van der Waals surface area contributed by atoms with Crippen molar-refractivity contribution in [1.82, 2.24) is 9.55 Å². The zero-order valence-corrected chi connectivity index (χ0v) is 12.7. The number of hydrogen-bond acceptors (Lipinski definition) is 1. The maximum absolute atomic E-state index is 6.11. The van der Waals surface area contributed by atoms with E-state index in [1.165, 1.54) is 16.7 Å². The maximum Gasteiger partial charge on any atom is 0.129 e.